The SMILES string of the molecule is Cc1cc2cc(CN(CC3CCCO3)C(=O)Nc3ccccc3F)c(=O)[nH]c2cc1C. The maximum absolute atomic E-state index is 14.0. The molecule has 6 nitrogen and oxygen atoms in total. The topological polar surface area (TPSA) is 74.4 Å². The number of nitrogens with zero attached hydrogens (tertiary/aromatic N) is 1. The van der Waals surface area contributed by atoms with Crippen LogP contribution in [0.15, 0.2) is 47.3 Å². The summed E-state index contributed by atoms with van der Waals surface area (Å²) in [6.07, 6.45) is 1.68. The number of para-hydroxylation sites is 1. The van der Waals surface area contributed by atoms with Crippen molar-refractivity contribution in [2.75, 3.05) is 18.5 Å². The van der Waals surface area contributed by atoms with Crippen molar-refractivity contribution in [2.24, 2.45) is 0 Å². The molecule has 1 fully saturated rings. The van der Waals surface area contributed by atoms with E-state index in [2.05, 4.69) is 10.3 Å². The number of hydrogen-bond acceptors (Lipinski definition) is 3. The highest BCUT2D eigenvalue weighted by atomic mass is 19.1. The highest BCUT2D eigenvalue weighted by Crippen LogP contribution is 2.20. The third kappa shape index (κ3) is 4.77. The minimum Gasteiger partial charge on any atom is -0.376 e. The van der Waals surface area contributed by atoms with Gasteiger partial charge in [-0.25, -0.2) is 9.18 Å². The van der Waals surface area contributed by atoms with Crippen molar-refractivity contribution >= 4 is 22.6 Å². The molecule has 0 saturated carbocycles. The van der Waals surface area contributed by atoms with E-state index in [1.54, 1.807) is 12.1 Å². The quantitative estimate of drug-likeness (QED) is 0.635. The van der Waals surface area contributed by atoms with E-state index in [4.69, 9.17) is 4.74 Å². The van der Waals surface area contributed by atoms with Gasteiger partial charge in [-0.05, 0) is 73.5 Å². The number of aryl methyl sites for hydroxylation is 2. The van der Waals surface area contributed by atoms with Gasteiger partial charge in [0.2, 0.25) is 0 Å². The zero-order chi connectivity index (χ0) is 22.0. The molecule has 162 valence electrons. The molecule has 0 aliphatic carbocycles. The fourth-order valence-electron chi connectivity index (χ4n) is 3.86. The number of nitrogens with one attached hydrogen (secondary N) is 2. The molecule has 2 aromatic carbocycles. The van der Waals surface area contributed by atoms with Gasteiger partial charge in [0.1, 0.15) is 5.82 Å². The number of halogens is 1. The zero-order valence-electron chi connectivity index (χ0n) is 17.7. The lowest BCUT2D eigenvalue weighted by molar-refractivity contribution is 0.0818. The van der Waals surface area contributed by atoms with E-state index in [0.29, 0.717) is 18.7 Å². The van der Waals surface area contributed by atoms with Crippen LogP contribution in [0.4, 0.5) is 14.9 Å². The number of carbonyl (C=O) groups is 1. The summed E-state index contributed by atoms with van der Waals surface area (Å²) in [5.74, 6) is -0.512. The molecule has 1 aliphatic heterocycles. The number of urea groups is 1. The van der Waals surface area contributed by atoms with E-state index in [-0.39, 0.29) is 23.9 Å². The van der Waals surface area contributed by atoms with Crippen molar-refractivity contribution in [3.63, 3.8) is 0 Å². The zero-order valence-corrected chi connectivity index (χ0v) is 17.7. The molecule has 0 spiro atoms. The molecular weight excluding hydrogens is 397 g/mol. The van der Waals surface area contributed by atoms with E-state index >= 15 is 0 Å². The first kappa shape index (κ1) is 21.1. The summed E-state index contributed by atoms with van der Waals surface area (Å²) in [4.78, 5) is 30.2. The standard InChI is InChI=1S/C24H26FN3O3/c1-15-10-17-12-18(23(29)26-22(17)11-16(15)2)13-28(14-19-6-5-9-31-19)24(30)27-21-8-4-3-7-20(21)25/h3-4,7-8,10-12,19H,5-6,9,13-14H2,1-2H3,(H,26,29)(H,27,30). The number of benzene rings is 2. The van der Waals surface area contributed by atoms with Gasteiger partial charge < -0.3 is 19.9 Å². The largest absolute Gasteiger partial charge is 0.376 e. The summed E-state index contributed by atoms with van der Waals surface area (Å²) in [5.41, 5.74) is 3.31. The molecule has 0 bridgehead atoms. The predicted octanol–water partition coefficient (Wildman–Crippen LogP) is 4.50. The van der Waals surface area contributed by atoms with Gasteiger partial charge in [0.15, 0.2) is 0 Å². The van der Waals surface area contributed by atoms with Crippen molar-refractivity contribution in [1.82, 2.24) is 9.88 Å². The van der Waals surface area contributed by atoms with E-state index < -0.39 is 11.8 Å². The second-order valence-corrected chi connectivity index (χ2v) is 8.07. The monoisotopic (exact) mass is 423 g/mol. The third-order valence-electron chi connectivity index (χ3n) is 5.75. The summed E-state index contributed by atoms with van der Waals surface area (Å²) in [6, 6.07) is 11.3. The molecule has 2 heterocycles. The minimum absolute atomic E-state index is 0.0956. The lowest BCUT2D eigenvalue weighted by Gasteiger charge is -2.26. The maximum Gasteiger partial charge on any atom is 0.322 e. The fourth-order valence-corrected chi connectivity index (χ4v) is 3.86. The molecule has 4 rings (SSSR count). The average Bonchev–Trinajstić information content (AvgIpc) is 3.24. The number of carbonyl (C=O) groups excluding carboxylic acids is 1. The van der Waals surface area contributed by atoms with Crippen LogP contribution in [0.3, 0.4) is 0 Å². The van der Waals surface area contributed by atoms with E-state index in [1.165, 1.54) is 17.0 Å². The van der Waals surface area contributed by atoms with Crippen LogP contribution in [0.1, 0.15) is 29.5 Å². The maximum atomic E-state index is 14.0. The Morgan fingerprint density at radius 2 is 2.00 bits per heavy atom. The van der Waals surface area contributed by atoms with Crippen LogP contribution in [0.25, 0.3) is 10.9 Å². The number of rotatable bonds is 5. The van der Waals surface area contributed by atoms with Crippen molar-refractivity contribution in [3.05, 3.63) is 75.3 Å². The van der Waals surface area contributed by atoms with Crippen molar-refractivity contribution < 1.29 is 13.9 Å². The minimum atomic E-state index is -0.512. The van der Waals surface area contributed by atoms with Crippen LogP contribution in [0.5, 0.6) is 0 Å². The van der Waals surface area contributed by atoms with Crippen molar-refractivity contribution in [3.8, 4) is 0 Å². The third-order valence-corrected chi connectivity index (χ3v) is 5.75. The van der Waals surface area contributed by atoms with Gasteiger partial charge in [0.25, 0.3) is 5.56 Å². The summed E-state index contributed by atoms with van der Waals surface area (Å²) in [5, 5.41) is 3.53. The number of aromatic nitrogens is 1. The number of amides is 2. The van der Waals surface area contributed by atoms with Gasteiger partial charge in [0.05, 0.1) is 18.3 Å². The van der Waals surface area contributed by atoms with E-state index in [0.717, 1.165) is 34.9 Å². The van der Waals surface area contributed by atoms with E-state index in [9.17, 15) is 14.0 Å². The summed E-state index contributed by atoms with van der Waals surface area (Å²) in [7, 11) is 0. The fraction of sp³-hybridized carbons (Fsp3) is 0.333. The van der Waals surface area contributed by atoms with Gasteiger partial charge in [-0.2, -0.15) is 0 Å². The first-order valence-corrected chi connectivity index (χ1v) is 10.5. The lowest BCUT2D eigenvalue weighted by atomic mass is 10.0. The normalized spacial score (nSPS) is 15.9. The van der Waals surface area contributed by atoms with Gasteiger partial charge in [-0.15, -0.1) is 0 Å². The Balaban J connectivity index is 1.63. The molecule has 2 N–H and O–H groups in total. The van der Waals surface area contributed by atoms with Gasteiger partial charge in [0, 0.05) is 24.2 Å². The lowest BCUT2D eigenvalue weighted by Crippen LogP contribution is -2.41. The Labute approximate surface area is 180 Å². The molecular formula is C24H26FN3O3. The van der Waals surface area contributed by atoms with Crippen LogP contribution in [-0.4, -0.2) is 35.2 Å². The number of aromatic amines is 1. The van der Waals surface area contributed by atoms with Crippen molar-refractivity contribution in [2.45, 2.75) is 39.3 Å². The number of H-pyrrole nitrogens is 1. The summed E-state index contributed by atoms with van der Waals surface area (Å²) >= 11 is 0. The molecule has 1 aromatic heterocycles. The molecule has 7 heteroatoms. The molecule has 3 aromatic rings. The van der Waals surface area contributed by atoms with E-state index in [1.807, 2.05) is 32.0 Å². The number of fused-ring (bicyclic) bond motifs is 1. The van der Waals surface area contributed by atoms with Crippen LogP contribution < -0.4 is 10.9 Å². The van der Waals surface area contributed by atoms with Gasteiger partial charge in [-0.3, -0.25) is 4.79 Å². The van der Waals surface area contributed by atoms with Crippen LogP contribution in [-0.2, 0) is 11.3 Å². The average molecular weight is 423 g/mol. The first-order valence-electron chi connectivity index (χ1n) is 10.5. The molecule has 31 heavy (non-hydrogen) atoms. The Morgan fingerprint density at radius 3 is 2.74 bits per heavy atom. The Bertz CT molecular complexity index is 1170. The van der Waals surface area contributed by atoms with Gasteiger partial charge >= 0.3 is 6.03 Å². The van der Waals surface area contributed by atoms with Crippen LogP contribution in [0, 0.1) is 19.7 Å². The summed E-state index contributed by atoms with van der Waals surface area (Å²) < 4.78 is 19.7. The molecule has 1 atom stereocenters. The molecule has 1 aliphatic rings. The number of hydrogen-bond donors (Lipinski definition) is 2. The predicted molar refractivity (Wildman–Crippen MR) is 119 cm³/mol. The molecule has 2 amide bonds. The smallest absolute Gasteiger partial charge is 0.322 e. The number of pyridine rings is 1. The Kier molecular flexibility index (Phi) is 6.04. The van der Waals surface area contributed by atoms with Gasteiger partial charge in [-0.1, -0.05) is 12.1 Å². The highest BCUT2D eigenvalue weighted by molar-refractivity contribution is 5.89. The Hall–Kier alpha value is -3.19. The van der Waals surface area contributed by atoms with Crippen LogP contribution >= 0.6 is 0 Å². The number of ether oxygens (including phenoxy) is 1. The molecule has 1 saturated heterocycles. The van der Waals surface area contributed by atoms with Crippen LogP contribution in [0.2, 0.25) is 0 Å². The molecule has 1 unspecified atom stereocenters. The first-order chi connectivity index (χ1) is 14.9. The number of anilines is 1. The second kappa shape index (κ2) is 8.89. The Morgan fingerprint density at radius 1 is 1.23 bits per heavy atom. The second-order valence-electron chi connectivity index (χ2n) is 8.07. The van der Waals surface area contributed by atoms with Crippen molar-refractivity contribution in [1.29, 1.82) is 0 Å². The highest BCUT2D eigenvalue weighted by Gasteiger charge is 2.24. The summed E-state index contributed by atoms with van der Waals surface area (Å²) in [6.45, 7) is 5.09. The molecule has 0 radical (unpaired) electrons.